The lowest BCUT2D eigenvalue weighted by Crippen LogP contribution is -2.33. The van der Waals surface area contributed by atoms with Crippen molar-refractivity contribution in [2.24, 2.45) is 0 Å². The minimum atomic E-state index is -0.363. The minimum Gasteiger partial charge on any atom is -0.482 e. The molecule has 6 nitrogen and oxygen atoms in total. The standard InChI is InChI=1S/C18H15Cl2N3O3/c19-10-1-4-15(12(20)7-10)23-6-5-14(18(23)25)21-11-2-3-13-16(8-11)26-9-17(24)22-13/h1-4,7-8,14,21H,5-6,9H2,(H,22,24). The molecule has 1 fully saturated rings. The van der Waals surface area contributed by atoms with Crippen molar-refractivity contribution in [3.63, 3.8) is 0 Å². The molecule has 4 rings (SSSR count). The molecule has 1 atom stereocenters. The van der Waals surface area contributed by atoms with Crippen molar-refractivity contribution in [2.75, 3.05) is 28.7 Å². The smallest absolute Gasteiger partial charge is 0.262 e. The Labute approximate surface area is 160 Å². The van der Waals surface area contributed by atoms with Crippen LogP contribution < -0.4 is 20.3 Å². The molecule has 134 valence electrons. The molecule has 0 radical (unpaired) electrons. The van der Waals surface area contributed by atoms with E-state index in [-0.39, 0.29) is 24.5 Å². The summed E-state index contributed by atoms with van der Waals surface area (Å²) in [6, 6.07) is 10.1. The van der Waals surface area contributed by atoms with Gasteiger partial charge < -0.3 is 20.3 Å². The Kier molecular flexibility index (Phi) is 4.38. The number of anilines is 3. The summed E-state index contributed by atoms with van der Waals surface area (Å²) in [5.41, 5.74) is 2.03. The molecule has 1 unspecified atom stereocenters. The van der Waals surface area contributed by atoms with Crippen molar-refractivity contribution in [1.29, 1.82) is 0 Å². The molecule has 0 saturated carbocycles. The lowest BCUT2D eigenvalue weighted by Gasteiger charge is -2.21. The van der Waals surface area contributed by atoms with E-state index < -0.39 is 0 Å². The summed E-state index contributed by atoms with van der Waals surface area (Å²) in [6.45, 7) is 0.553. The largest absolute Gasteiger partial charge is 0.482 e. The van der Waals surface area contributed by atoms with Gasteiger partial charge in [-0.3, -0.25) is 9.59 Å². The van der Waals surface area contributed by atoms with Gasteiger partial charge >= 0.3 is 0 Å². The van der Waals surface area contributed by atoms with E-state index >= 15 is 0 Å². The van der Waals surface area contributed by atoms with Gasteiger partial charge in [-0.05, 0) is 36.8 Å². The fourth-order valence-corrected chi connectivity index (χ4v) is 3.63. The van der Waals surface area contributed by atoms with E-state index in [1.54, 1.807) is 41.3 Å². The first kappa shape index (κ1) is 17.0. The highest BCUT2D eigenvalue weighted by molar-refractivity contribution is 6.36. The number of rotatable bonds is 3. The van der Waals surface area contributed by atoms with Crippen molar-refractivity contribution in [3.8, 4) is 5.75 Å². The second-order valence-electron chi connectivity index (χ2n) is 6.12. The van der Waals surface area contributed by atoms with E-state index in [0.717, 1.165) is 5.69 Å². The van der Waals surface area contributed by atoms with Crippen LogP contribution in [0.25, 0.3) is 0 Å². The Morgan fingerprint density at radius 3 is 2.81 bits per heavy atom. The molecule has 2 aromatic rings. The number of hydrogen-bond donors (Lipinski definition) is 2. The topological polar surface area (TPSA) is 70.7 Å². The molecule has 2 N–H and O–H groups in total. The average Bonchev–Trinajstić information content (AvgIpc) is 2.96. The fraction of sp³-hybridized carbons (Fsp3) is 0.222. The van der Waals surface area contributed by atoms with Crippen molar-refractivity contribution in [3.05, 3.63) is 46.4 Å². The summed E-state index contributed by atoms with van der Waals surface area (Å²) in [7, 11) is 0. The highest BCUT2D eigenvalue weighted by atomic mass is 35.5. The number of nitrogens with zero attached hydrogens (tertiary/aromatic N) is 1. The number of carbonyl (C=O) groups excluding carboxylic acids is 2. The number of carbonyl (C=O) groups is 2. The molecule has 2 aromatic carbocycles. The Morgan fingerprint density at radius 1 is 1.15 bits per heavy atom. The van der Waals surface area contributed by atoms with Crippen molar-refractivity contribution < 1.29 is 14.3 Å². The third-order valence-electron chi connectivity index (χ3n) is 4.36. The van der Waals surface area contributed by atoms with Crippen molar-refractivity contribution in [2.45, 2.75) is 12.5 Å². The number of fused-ring (bicyclic) bond motifs is 1. The quantitative estimate of drug-likeness (QED) is 0.839. The Morgan fingerprint density at radius 2 is 2.00 bits per heavy atom. The van der Waals surface area contributed by atoms with Crippen LogP contribution in [-0.4, -0.2) is 31.0 Å². The lowest BCUT2D eigenvalue weighted by atomic mass is 10.2. The van der Waals surface area contributed by atoms with E-state index in [4.69, 9.17) is 27.9 Å². The Hall–Kier alpha value is -2.44. The lowest BCUT2D eigenvalue weighted by molar-refractivity contribution is -0.119. The zero-order valence-corrected chi connectivity index (χ0v) is 15.1. The normalized spacial score (nSPS) is 19.0. The van der Waals surface area contributed by atoms with Gasteiger partial charge in [-0.15, -0.1) is 0 Å². The monoisotopic (exact) mass is 391 g/mol. The summed E-state index contributed by atoms with van der Waals surface area (Å²) >= 11 is 12.1. The molecular weight excluding hydrogens is 377 g/mol. The summed E-state index contributed by atoms with van der Waals surface area (Å²) < 4.78 is 5.41. The number of hydrogen-bond acceptors (Lipinski definition) is 4. The Bertz CT molecular complexity index is 903. The predicted molar refractivity (Wildman–Crippen MR) is 101 cm³/mol. The van der Waals surface area contributed by atoms with Gasteiger partial charge in [0.2, 0.25) is 5.91 Å². The highest BCUT2D eigenvalue weighted by Gasteiger charge is 2.33. The first-order valence-electron chi connectivity index (χ1n) is 8.11. The van der Waals surface area contributed by atoms with Gasteiger partial charge in [0, 0.05) is 23.3 Å². The number of benzene rings is 2. The minimum absolute atomic E-state index is 0.0122. The molecule has 0 bridgehead atoms. The zero-order chi connectivity index (χ0) is 18.3. The maximum atomic E-state index is 12.8. The first-order valence-corrected chi connectivity index (χ1v) is 8.86. The third kappa shape index (κ3) is 3.18. The van der Waals surface area contributed by atoms with Gasteiger partial charge in [0.25, 0.3) is 5.91 Å². The third-order valence-corrected chi connectivity index (χ3v) is 4.90. The predicted octanol–water partition coefficient (Wildman–Crippen LogP) is 3.54. The number of halogens is 2. The van der Waals surface area contributed by atoms with Gasteiger partial charge in [-0.2, -0.15) is 0 Å². The van der Waals surface area contributed by atoms with Gasteiger partial charge in [0.05, 0.1) is 16.4 Å². The second-order valence-corrected chi connectivity index (χ2v) is 6.96. The van der Waals surface area contributed by atoms with Crippen LogP contribution in [0.3, 0.4) is 0 Å². The van der Waals surface area contributed by atoms with Crippen LogP contribution >= 0.6 is 23.2 Å². The summed E-state index contributed by atoms with van der Waals surface area (Å²) in [5, 5.41) is 6.94. The molecular formula is C18H15Cl2N3O3. The number of ether oxygens (including phenoxy) is 1. The molecule has 0 spiro atoms. The van der Waals surface area contributed by atoms with Crippen LogP contribution in [0.15, 0.2) is 36.4 Å². The summed E-state index contributed by atoms with van der Waals surface area (Å²) in [5.74, 6) is 0.346. The van der Waals surface area contributed by atoms with Gasteiger partial charge in [0.1, 0.15) is 11.8 Å². The van der Waals surface area contributed by atoms with Crippen molar-refractivity contribution >= 4 is 52.1 Å². The maximum absolute atomic E-state index is 12.8. The van der Waals surface area contributed by atoms with Gasteiger partial charge in [-0.1, -0.05) is 23.2 Å². The molecule has 26 heavy (non-hydrogen) atoms. The van der Waals surface area contributed by atoms with Crippen LogP contribution in [0.2, 0.25) is 10.0 Å². The molecule has 1 saturated heterocycles. The van der Waals surface area contributed by atoms with Crippen LogP contribution in [0.4, 0.5) is 17.1 Å². The van der Waals surface area contributed by atoms with Crippen molar-refractivity contribution in [1.82, 2.24) is 0 Å². The molecule has 0 aromatic heterocycles. The van der Waals surface area contributed by atoms with Crippen LogP contribution in [0, 0.1) is 0 Å². The van der Waals surface area contributed by atoms with E-state index in [1.807, 2.05) is 0 Å². The second kappa shape index (κ2) is 6.70. The molecule has 0 aliphatic carbocycles. The SMILES string of the molecule is O=C1COc2cc(NC3CCN(c4ccc(Cl)cc4Cl)C3=O)ccc2N1. The molecule has 2 aliphatic heterocycles. The molecule has 2 aliphatic rings. The number of nitrogens with one attached hydrogen (secondary N) is 2. The van der Waals surface area contributed by atoms with Crippen LogP contribution in [0.5, 0.6) is 5.75 Å². The summed E-state index contributed by atoms with van der Waals surface area (Å²) in [4.78, 5) is 25.8. The summed E-state index contributed by atoms with van der Waals surface area (Å²) in [6.07, 6.45) is 0.645. The molecule has 2 amide bonds. The van der Waals surface area contributed by atoms with Crippen LogP contribution in [-0.2, 0) is 9.59 Å². The van der Waals surface area contributed by atoms with E-state index in [0.29, 0.717) is 40.1 Å². The molecule has 2 heterocycles. The average molecular weight is 392 g/mol. The zero-order valence-electron chi connectivity index (χ0n) is 13.6. The molecule has 8 heteroatoms. The van der Waals surface area contributed by atoms with Gasteiger partial charge in [-0.25, -0.2) is 0 Å². The highest BCUT2D eigenvalue weighted by Crippen LogP contribution is 2.34. The Balaban J connectivity index is 1.50. The number of amides is 2. The maximum Gasteiger partial charge on any atom is 0.262 e. The van der Waals surface area contributed by atoms with Crippen LogP contribution in [0.1, 0.15) is 6.42 Å². The van der Waals surface area contributed by atoms with Gasteiger partial charge in [0.15, 0.2) is 6.61 Å². The fourth-order valence-electron chi connectivity index (χ4n) is 3.12. The van der Waals surface area contributed by atoms with E-state index in [2.05, 4.69) is 10.6 Å². The van der Waals surface area contributed by atoms with E-state index in [1.165, 1.54) is 0 Å². The van der Waals surface area contributed by atoms with E-state index in [9.17, 15) is 9.59 Å². The first-order chi connectivity index (χ1) is 12.5.